The molecular formula is C16H16ClF3O5S. The van der Waals surface area contributed by atoms with Crippen molar-refractivity contribution in [3.8, 4) is 11.5 Å². The second kappa shape index (κ2) is 7.48. The van der Waals surface area contributed by atoms with E-state index in [9.17, 15) is 22.2 Å². The monoisotopic (exact) mass is 412 g/mol. The van der Waals surface area contributed by atoms with E-state index in [0.29, 0.717) is 0 Å². The quantitative estimate of drug-likeness (QED) is 0.535. The first-order valence-electron chi connectivity index (χ1n) is 7.46. The number of benzene rings is 1. The van der Waals surface area contributed by atoms with Gasteiger partial charge in [-0.15, -0.1) is 0 Å². The number of alkyl halides is 3. The third-order valence-corrected chi connectivity index (χ3v) is 4.26. The highest BCUT2D eigenvalue weighted by atomic mass is 35.5. The maximum absolute atomic E-state index is 12.5. The molecule has 1 aliphatic rings. The van der Waals surface area contributed by atoms with Crippen LogP contribution in [0.15, 0.2) is 18.2 Å². The summed E-state index contributed by atoms with van der Waals surface area (Å²) in [5, 5.41) is -0.0886. The van der Waals surface area contributed by atoms with Crippen LogP contribution in [-0.4, -0.2) is 22.3 Å². The highest BCUT2D eigenvalue weighted by Gasteiger charge is 2.41. The largest absolute Gasteiger partial charge is 0.508 e. The van der Waals surface area contributed by atoms with Gasteiger partial charge in [-0.1, -0.05) is 11.6 Å². The van der Waals surface area contributed by atoms with Crippen molar-refractivity contribution in [2.75, 3.05) is 6.61 Å². The molecule has 0 aromatic heterocycles. The fourth-order valence-corrected chi connectivity index (χ4v) is 2.55. The summed E-state index contributed by atoms with van der Waals surface area (Å²) in [5.74, 6) is -0.820. The van der Waals surface area contributed by atoms with E-state index in [2.05, 4.69) is 4.18 Å². The smallest absolute Gasteiger partial charge is 0.491 e. The van der Waals surface area contributed by atoms with Crippen molar-refractivity contribution in [1.29, 1.82) is 0 Å². The number of hydrogen-bond acceptors (Lipinski definition) is 5. The number of carbonyl (C=O) groups excluding carboxylic acids is 1. The van der Waals surface area contributed by atoms with E-state index in [1.54, 1.807) is 20.8 Å². The van der Waals surface area contributed by atoms with Gasteiger partial charge in [0.05, 0.1) is 17.6 Å². The Morgan fingerprint density at radius 2 is 1.92 bits per heavy atom. The molecule has 0 saturated carbocycles. The van der Waals surface area contributed by atoms with Crippen molar-refractivity contribution in [2.45, 2.75) is 32.7 Å². The van der Waals surface area contributed by atoms with E-state index in [4.69, 9.17) is 21.1 Å². The van der Waals surface area contributed by atoms with Crippen LogP contribution in [0.2, 0.25) is 5.02 Å². The number of fused-ring (bicyclic) bond motifs is 1. The van der Waals surface area contributed by atoms with Gasteiger partial charge in [0.1, 0.15) is 10.8 Å². The third-order valence-electron chi connectivity index (χ3n) is 3.19. The van der Waals surface area contributed by atoms with Gasteiger partial charge in [0.25, 0.3) is 0 Å². The van der Waals surface area contributed by atoms with Gasteiger partial charge in [0, 0.05) is 6.42 Å². The average molecular weight is 413 g/mol. The Hall–Kier alpha value is -1.74. The number of halogens is 4. The molecule has 0 fully saturated rings. The van der Waals surface area contributed by atoms with Crippen LogP contribution in [0.4, 0.5) is 13.2 Å². The fraction of sp³-hybridized carbons (Fsp3) is 0.438. The Labute approximate surface area is 155 Å². The van der Waals surface area contributed by atoms with Gasteiger partial charge in [-0.05, 0) is 39.0 Å². The zero-order valence-electron chi connectivity index (χ0n) is 14.1. The molecule has 26 heavy (non-hydrogen) atoms. The van der Waals surface area contributed by atoms with E-state index < -0.39 is 28.0 Å². The van der Waals surface area contributed by atoms with Crippen molar-refractivity contribution < 1.29 is 35.8 Å². The minimum Gasteiger partial charge on any atom is -0.491 e. The number of hydrogen-bond donors (Lipinski definition) is 0. The Kier molecular flexibility index (Phi) is 5.92. The summed E-state index contributed by atoms with van der Waals surface area (Å²) in [6.45, 7) is 5.08. The number of rotatable bonds is 3. The Morgan fingerprint density at radius 1 is 1.27 bits per heavy atom. The lowest BCUT2D eigenvalue weighted by molar-refractivity contribution is -0.143. The van der Waals surface area contributed by atoms with Crippen LogP contribution in [0.3, 0.4) is 0 Å². The molecule has 0 amide bonds. The molecule has 1 heterocycles. The second-order valence-corrected chi connectivity index (χ2v) is 7.84. The zero-order chi connectivity index (χ0) is 19.7. The van der Waals surface area contributed by atoms with Crippen LogP contribution in [-0.2, 0) is 20.1 Å². The maximum atomic E-state index is 12.5. The number of carbonyl (C=O) groups is 1. The molecule has 1 aromatic rings. The standard InChI is InChI=1S/C16H16ClF3O5S/c1-15(2,3)14(21)24-11-7-6-9-10(25-26(22)16(18,19)20)5-4-8-23-13(9)12(11)17/h5-7H,4,8H2,1-3H3. The summed E-state index contributed by atoms with van der Waals surface area (Å²) in [6, 6.07) is 2.64. The predicted octanol–water partition coefficient (Wildman–Crippen LogP) is 4.62. The SMILES string of the molecule is CC(C)(C)C(=O)Oc1ccc2c(c1Cl)OCCC=C2OS(=O)C(F)(F)F. The topological polar surface area (TPSA) is 61.8 Å². The van der Waals surface area contributed by atoms with Crippen molar-refractivity contribution in [3.63, 3.8) is 0 Å². The van der Waals surface area contributed by atoms with E-state index in [1.165, 1.54) is 18.2 Å². The Bertz CT molecular complexity index is 768. The predicted molar refractivity (Wildman–Crippen MR) is 89.9 cm³/mol. The van der Waals surface area contributed by atoms with Crippen LogP contribution in [0.1, 0.15) is 32.8 Å². The number of esters is 1. The fourth-order valence-electron chi connectivity index (χ4n) is 1.87. The first-order valence-corrected chi connectivity index (χ1v) is 8.91. The van der Waals surface area contributed by atoms with Gasteiger partial charge in [0.15, 0.2) is 11.5 Å². The highest BCUT2D eigenvalue weighted by Crippen LogP contribution is 2.43. The van der Waals surface area contributed by atoms with E-state index in [-0.39, 0.29) is 40.9 Å². The van der Waals surface area contributed by atoms with Crippen molar-refractivity contribution in [2.24, 2.45) is 5.41 Å². The van der Waals surface area contributed by atoms with E-state index in [1.807, 2.05) is 0 Å². The van der Waals surface area contributed by atoms with Crippen LogP contribution < -0.4 is 9.47 Å². The van der Waals surface area contributed by atoms with Crippen LogP contribution in [0, 0.1) is 5.41 Å². The molecule has 0 bridgehead atoms. The van der Waals surface area contributed by atoms with Gasteiger partial charge in [-0.3, -0.25) is 4.79 Å². The summed E-state index contributed by atoms with van der Waals surface area (Å²) in [5.41, 5.74) is -5.73. The maximum Gasteiger partial charge on any atom is 0.508 e. The molecule has 1 atom stereocenters. The highest BCUT2D eigenvalue weighted by molar-refractivity contribution is 7.81. The summed E-state index contributed by atoms with van der Waals surface area (Å²) >= 11 is 2.67. The lowest BCUT2D eigenvalue weighted by Crippen LogP contribution is -2.25. The van der Waals surface area contributed by atoms with Gasteiger partial charge in [0.2, 0.25) is 0 Å². The van der Waals surface area contributed by atoms with Crippen molar-refractivity contribution in [1.82, 2.24) is 0 Å². The summed E-state index contributed by atoms with van der Waals surface area (Å²) in [6.07, 6.45) is 1.54. The van der Waals surface area contributed by atoms with Crippen molar-refractivity contribution in [3.05, 3.63) is 28.8 Å². The molecule has 5 nitrogen and oxygen atoms in total. The third kappa shape index (κ3) is 4.70. The molecule has 144 valence electrons. The van der Waals surface area contributed by atoms with Crippen LogP contribution >= 0.6 is 11.6 Å². The molecular weight excluding hydrogens is 397 g/mol. The first-order chi connectivity index (χ1) is 11.9. The van der Waals surface area contributed by atoms with Crippen molar-refractivity contribution >= 4 is 34.4 Å². The molecule has 1 aromatic carbocycles. The van der Waals surface area contributed by atoms with Gasteiger partial charge in [-0.2, -0.15) is 13.2 Å². The molecule has 0 aliphatic carbocycles. The molecule has 0 radical (unpaired) electrons. The van der Waals surface area contributed by atoms with Gasteiger partial charge in [-0.25, -0.2) is 4.21 Å². The first kappa shape index (κ1) is 20.6. The lowest BCUT2D eigenvalue weighted by Gasteiger charge is -2.19. The van der Waals surface area contributed by atoms with Crippen LogP contribution in [0.25, 0.3) is 5.76 Å². The Balaban J connectivity index is 2.37. The van der Waals surface area contributed by atoms with E-state index >= 15 is 0 Å². The minimum absolute atomic E-state index is 0.00327. The second-order valence-electron chi connectivity index (χ2n) is 6.36. The molecule has 1 aliphatic heterocycles. The Morgan fingerprint density at radius 3 is 2.50 bits per heavy atom. The van der Waals surface area contributed by atoms with Crippen LogP contribution in [0.5, 0.6) is 11.5 Å². The molecule has 0 saturated heterocycles. The van der Waals surface area contributed by atoms with E-state index in [0.717, 1.165) is 0 Å². The average Bonchev–Trinajstić information content (AvgIpc) is 2.71. The zero-order valence-corrected chi connectivity index (χ0v) is 15.7. The summed E-state index contributed by atoms with van der Waals surface area (Å²) < 4.78 is 64.0. The van der Waals surface area contributed by atoms with Gasteiger partial charge >= 0.3 is 22.6 Å². The molecule has 1 unspecified atom stereocenters. The molecule has 0 N–H and O–H groups in total. The molecule has 0 spiro atoms. The molecule has 10 heteroatoms. The molecule has 2 rings (SSSR count). The lowest BCUT2D eigenvalue weighted by atomic mass is 9.97. The summed E-state index contributed by atoms with van der Waals surface area (Å²) in [4.78, 5) is 12.0. The normalized spacial score (nSPS) is 15.9. The minimum atomic E-state index is -5.03. The number of ether oxygens (including phenoxy) is 2. The van der Waals surface area contributed by atoms with Gasteiger partial charge < -0.3 is 13.7 Å². The summed E-state index contributed by atoms with van der Waals surface area (Å²) in [7, 11) is 0.